The first-order valence-corrected chi connectivity index (χ1v) is 7.90. The van der Waals surface area contributed by atoms with Crippen LogP contribution < -0.4 is 4.74 Å². The largest absolute Gasteiger partial charge is 0.493 e. The van der Waals surface area contributed by atoms with Crippen LogP contribution in [0.1, 0.15) is 36.8 Å². The highest BCUT2D eigenvalue weighted by Gasteiger charge is 2.05. The summed E-state index contributed by atoms with van der Waals surface area (Å²) >= 11 is 6.02. The predicted molar refractivity (Wildman–Crippen MR) is 94.4 cm³/mol. The first kappa shape index (κ1) is 18.9. The average molecular weight is 343 g/mol. The SMILES string of the molecule is Cc1cc(Cl)cc(C)c1OCCCCCCn1ccnc1.Cl. The fourth-order valence-corrected chi connectivity index (χ4v) is 2.80. The molecule has 0 atom stereocenters. The summed E-state index contributed by atoms with van der Waals surface area (Å²) in [4.78, 5) is 4.04. The number of ether oxygens (including phenoxy) is 1. The molecule has 0 aliphatic carbocycles. The van der Waals surface area contributed by atoms with Crippen molar-refractivity contribution in [3.05, 3.63) is 47.0 Å². The van der Waals surface area contributed by atoms with E-state index in [0.29, 0.717) is 0 Å². The van der Waals surface area contributed by atoms with Crippen LogP contribution in [0.15, 0.2) is 30.9 Å². The summed E-state index contributed by atoms with van der Waals surface area (Å²) in [6, 6.07) is 3.91. The second-order valence-corrected chi connectivity index (χ2v) is 5.87. The Kier molecular flexibility index (Phi) is 8.36. The van der Waals surface area contributed by atoms with Crippen molar-refractivity contribution in [2.45, 2.75) is 46.1 Å². The molecule has 1 heterocycles. The van der Waals surface area contributed by atoms with Gasteiger partial charge in [-0.2, -0.15) is 0 Å². The van der Waals surface area contributed by atoms with Gasteiger partial charge in [0, 0.05) is 24.0 Å². The number of hydrogen-bond donors (Lipinski definition) is 0. The molecule has 2 rings (SSSR count). The van der Waals surface area contributed by atoms with Gasteiger partial charge in [0.05, 0.1) is 12.9 Å². The maximum absolute atomic E-state index is 6.02. The molecule has 0 bridgehead atoms. The minimum Gasteiger partial charge on any atom is -0.493 e. The smallest absolute Gasteiger partial charge is 0.125 e. The highest BCUT2D eigenvalue weighted by Crippen LogP contribution is 2.27. The topological polar surface area (TPSA) is 27.1 Å². The molecular formula is C17H24Cl2N2O. The summed E-state index contributed by atoms with van der Waals surface area (Å²) in [6.45, 7) is 5.91. The van der Waals surface area contributed by atoms with Gasteiger partial charge in [0.2, 0.25) is 0 Å². The summed E-state index contributed by atoms with van der Waals surface area (Å²) in [7, 11) is 0. The van der Waals surface area contributed by atoms with E-state index in [0.717, 1.165) is 41.5 Å². The van der Waals surface area contributed by atoms with Gasteiger partial charge in [-0.15, -0.1) is 12.4 Å². The minimum absolute atomic E-state index is 0. The van der Waals surface area contributed by atoms with Gasteiger partial charge in [-0.1, -0.05) is 24.4 Å². The van der Waals surface area contributed by atoms with E-state index >= 15 is 0 Å². The van der Waals surface area contributed by atoms with Crippen LogP contribution in [0.3, 0.4) is 0 Å². The molecule has 0 saturated carbocycles. The molecule has 2 aromatic rings. The van der Waals surface area contributed by atoms with Crippen molar-refractivity contribution in [3.8, 4) is 5.75 Å². The van der Waals surface area contributed by atoms with Crippen molar-refractivity contribution in [1.29, 1.82) is 0 Å². The van der Waals surface area contributed by atoms with Crippen LogP contribution in [0.25, 0.3) is 0 Å². The van der Waals surface area contributed by atoms with E-state index in [-0.39, 0.29) is 12.4 Å². The first-order chi connectivity index (χ1) is 10.2. The number of halogens is 2. The summed E-state index contributed by atoms with van der Waals surface area (Å²) < 4.78 is 8.02. The van der Waals surface area contributed by atoms with Gasteiger partial charge in [0.1, 0.15) is 5.75 Å². The molecule has 0 N–H and O–H groups in total. The maximum atomic E-state index is 6.02. The van der Waals surface area contributed by atoms with Gasteiger partial charge in [0.25, 0.3) is 0 Å². The van der Waals surface area contributed by atoms with E-state index in [1.54, 1.807) is 0 Å². The molecule has 1 aromatic heterocycles. The molecule has 0 saturated heterocycles. The highest BCUT2D eigenvalue weighted by atomic mass is 35.5. The minimum atomic E-state index is 0. The summed E-state index contributed by atoms with van der Waals surface area (Å²) in [6.07, 6.45) is 10.4. The predicted octanol–water partition coefficient (Wildman–Crippen LogP) is 5.21. The zero-order valence-electron chi connectivity index (χ0n) is 13.2. The van der Waals surface area contributed by atoms with Crippen molar-refractivity contribution < 1.29 is 4.74 Å². The molecule has 0 spiro atoms. The van der Waals surface area contributed by atoms with Crippen molar-refractivity contribution in [2.75, 3.05) is 6.61 Å². The van der Waals surface area contributed by atoms with Gasteiger partial charge in [-0.3, -0.25) is 0 Å². The van der Waals surface area contributed by atoms with Gasteiger partial charge < -0.3 is 9.30 Å². The van der Waals surface area contributed by atoms with E-state index < -0.39 is 0 Å². The Morgan fingerprint density at radius 3 is 2.41 bits per heavy atom. The van der Waals surface area contributed by atoms with Crippen LogP contribution in [0.4, 0.5) is 0 Å². The Balaban J connectivity index is 0.00000242. The van der Waals surface area contributed by atoms with Crippen LogP contribution in [-0.2, 0) is 6.54 Å². The lowest BCUT2D eigenvalue weighted by atomic mass is 10.1. The fraction of sp³-hybridized carbons (Fsp3) is 0.471. The van der Waals surface area contributed by atoms with Crippen molar-refractivity contribution in [3.63, 3.8) is 0 Å². The third-order valence-electron chi connectivity index (χ3n) is 3.54. The number of unbranched alkanes of at least 4 members (excludes halogenated alkanes) is 3. The van der Waals surface area contributed by atoms with Crippen molar-refractivity contribution in [2.24, 2.45) is 0 Å². The third-order valence-corrected chi connectivity index (χ3v) is 3.76. The zero-order valence-corrected chi connectivity index (χ0v) is 14.8. The molecular weight excluding hydrogens is 319 g/mol. The number of rotatable bonds is 8. The second-order valence-electron chi connectivity index (χ2n) is 5.43. The summed E-state index contributed by atoms with van der Waals surface area (Å²) in [5, 5.41) is 0.775. The Bertz CT molecular complexity index is 533. The van der Waals surface area contributed by atoms with Crippen molar-refractivity contribution >= 4 is 24.0 Å². The number of hydrogen-bond acceptors (Lipinski definition) is 2. The molecule has 0 unspecified atom stereocenters. The van der Waals surface area contributed by atoms with E-state index in [9.17, 15) is 0 Å². The van der Waals surface area contributed by atoms with Gasteiger partial charge in [-0.25, -0.2) is 4.98 Å². The van der Waals surface area contributed by atoms with Crippen molar-refractivity contribution in [1.82, 2.24) is 9.55 Å². The quantitative estimate of drug-likeness (QED) is 0.615. The molecule has 3 nitrogen and oxygen atoms in total. The van der Waals surface area contributed by atoms with Crippen LogP contribution in [0, 0.1) is 13.8 Å². The van der Waals surface area contributed by atoms with Gasteiger partial charge in [0.15, 0.2) is 0 Å². The normalized spacial score (nSPS) is 10.3. The Morgan fingerprint density at radius 1 is 1.09 bits per heavy atom. The van der Waals surface area contributed by atoms with Crippen LogP contribution in [-0.4, -0.2) is 16.2 Å². The van der Waals surface area contributed by atoms with E-state index in [1.165, 1.54) is 19.3 Å². The zero-order chi connectivity index (χ0) is 15.1. The van der Waals surface area contributed by atoms with Crippen LogP contribution in [0.2, 0.25) is 5.02 Å². The lowest BCUT2D eigenvalue weighted by Gasteiger charge is -2.12. The molecule has 0 fully saturated rings. The standard InChI is InChI=1S/C17H23ClN2O.ClH/c1-14-11-16(18)12-15(2)17(14)21-10-6-4-3-5-8-20-9-7-19-13-20;/h7,9,11-13H,3-6,8,10H2,1-2H3;1H. The third kappa shape index (κ3) is 5.90. The van der Waals surface area contributed by atoms with Crippen LogP contribution in [0.5, 0.6) is 5.75 Å². The lowest BCUT2D eigenvalue weighted by molar-refractivity contribution is 0.300. The molecule has 122 valence electrons. The number of aryl methyl sites for hydroxylation is 3. The number of imidazole rings is 1. The first-order valence-electron chi connectivity index (χ1n) is 7.52. The molecule has 0 radical (unpaired) electrons. The number of nitrogens with zero attached hydrogens (tertiary/aromatic N) is 2. The number of aromatic nitrogens is 2. The second kappa shape index (κ2) is 9.75. The lowest BCUT2D eigenvalue weighted by Crippen LogP contribution is -2.01. The molecule has 0 amide bonds. The van der Waals surface area contributed by atoms with E-state index in [4.69, 9.17) is 16.3 Å². The van der Waals surface area contributed by atoms with Gasteiger partial charge in [-0.05, 0) is 49.9 Å². The summed E-state index contributed by atoms with van der Waals surface area (Å²) in [5.74, 6) is 0.984. The van der Waals surface area contributed by atoms with E-state index in [1.807, 2.05) is 44.7 Å². The maximum Gasteiger partial charge on any atom is 0.125 e. The number of benzene rings is 1. The highest BCUT2D eigenvalue weighted by molar-refractivity contribution is 6.30. The molecule has 0 aliphatic rings. The Labute approximate surface area is 144 Å². The van der Waals surface area contributed by atoms with Crippen LogP contribution >= 0.6 is 24.0 Å². The average Bonchev–Trinajstić information content (AvgIpc) is 2.93. The fourth-order valence-electron chi connectivity index (χ4n) is 2.47. The molecule has 22 heavy (non-hydrogen) atoms. The van der Waals surface area contributed by atoms with Gasteiger partial charge >= 0.3 is 0 Å². The van der Waals surface area contributed by atoms with E-state index in [2.05, 4.69) is 9.55 Å². The summed E-state index contributed by atoms with van der Waals surface area (Å²) in [5.41, 5.74) is 2.22. The molecule has 0 aliphatic heterocycles. The monoisotopic (exact) mass is 342 g/mol. The Hall–Kier alpha value is -1.19. The molecule has 1 aromatic carbocycles. The Morgan fingerprint density at radius 2 is 1.77 bits per heavy atom. The molecule has 5 heteroatoms.